The second kappa shape index (κ2) is 15.4. The molecule has 284 valence electrons. The van der Waals surface area contributed by atoms with Gasteiger partial charge in [-0.1, -0.05) is 24.3 Å². The largest absolute Gasteiger partial charge is 0.398 e. The summed E-state index contributed by atoms with van der Waals surface area (Å²) in [5.41, 5.74) is 22.4. The maximum absolute atomic E-state index is 6.66. The normalized spacial score (nSPS) is 31.9. The van der Waals surface area contributed by atoms with Gasteiger partial charge in [0.25, 0.3) is 0 Å². The maximum atomic E-state index is 6.66. The minimum Gasteiger partial charge on any atom is -0.398 e. The summed E-state index contributed by atoms with van der Waals surface area (Å²) in [6.07, 6.45) is 6.76. The molecule has 0 amide bonds. The number of epoxide rings is 8. The van der Waals surface area contributed by atoms with Crippen LogP contribution in [-0.4, -0.2) is 138 Å². The van der Waals surface area contributed by atoms with Gasteiger partial charge in [0.1, 0.15) is 0 Å². The standard InChI is InChI=1S/2C20H28N2O4/c1-10-19(21)17(5-15-9-26-15)16(4-14-8-25-14)18(20(10)22)11(2-12-6-23-12)3-13-7-24-13;1-2-15(5-21(7-17-11-23-17)8-18-12-24-18)4-16(3-1)6-22(9-19-13-25-19)10-20-14-26-20/h11-15H,2-9,21-22H2,1H3;1-4,17-20H,5-14H2. The van der Waals surface area contributed by atoms with Gasteiger partial charge in [0.05, 0.1) is 102 Å². The fourth-order valence-electron chi connectivity index (χ4n) is 7.79. The number of hydrogen-bond donors (Lipinski definition) is 2. The molecule has 8 atom stereocenters. The van der Waals surface area contributed by atoms with Crippen LogP contribution in [0.3, 0.4) is 0 Å². The highest BCUT2D eigenvalue weighted by atomic mass is 16.6. The van der Waals surface area contributed by atoms with Gasteiger partial charge in [0, 0.05) is 63.5 Å². The molecule has 2 aromatic carbocycles. The SMILES string of the molecule is Cc1c(N)c(CC2CO2)c(CC2CO2)c(C(CC2CO2)CC2CO2)c1N.c1cc(CN(CC2CO2)CC2CO2)cc(CN(CC2CO2)CC2CO2)c1. The quantitative estimate of drug-likeness (QED) is 0.144. The van der Waals surface area contributed by atoms with E-state index in [2.05, 4.69) is 34.1 Å². The lowest BCUT2D eigenvalue weighted by Gasteiger charge is -2.27. The molecule has 8 unspecified atom stereocenters. The molecule has 4 N–H and O–H groups in total. The van der Waals surface area contributed by atoms with Gasteiger partial charge in [-0.2, -0.15) is 0 Å². The lowest BCUT2D eigenvalue weighted by Crippen LogP contribution is -2.32. The Labute approximate surface area is 307 Å². The van der Waals surface area contributed by atoms with E-state index in [4.69, 9.17) is 49.4 Å². The third kappa shape index (κ3) is 10.4. The molecule has 2 aromatic rings. The molecule has 8 heterocycles. The Morgan fingerprint density at radius 3 is 1.33 bits per heavy atom. The van der Waals surface area contributed by atoms with Gasteiger partial charge in [-0.3, -0.25) is 9.80 Å². The first-order chi connectivity index (χ1) is 25.4. The summed E-state index contributed by atoms with van der Waals surface area (Å²) in [6, 6.07) is 9.00. The second-order valence-corrected chi connectivity index (χ2v) is 16.3. The smallest absolute Gasteiger partial charge is 0.0936 e. The molecule has 8 aliphatic heterocycles. The summed E-state index contributed by atoms with van der Waals surface area (Å²) in [5, 5.41) is 0. The van der Waals surface area contributed by atoms with Crippen LogP contribution < -0.4 is 11.5 Å². The molecular formula is C40H56N4O8. The molecule has 0 saturated carbocycles. The van der Waals surface area contributed by atoms with Crippen molar-refractivity contribution in [1.29, 1.82) is 0 Å². The molecule has 0 bridgehead atoms. The third-order valence-electron chi connectivity index (χ3n) is 11.3. The summed E-state index contributed by atoms with van der Waals surface area (Å²) in [6.45, 7) is 15.0. The molecule has 8 aliphatic rings. The monoisotopic (exact) mass is 720 g/mol. The van der Waals surface area contributed by atoms with E-state index >= 15 is 0 Å². The number of hydrogen-bond acceptors (Lipinski definition) is 12. The Morgan fingerprint density at radius 2 is 0.942 bits per heavy atom. The summed E-state index contributed by atoms with van der Waals surface area (Å²) in [4.78, 5) is 4.95. The minimum absolute atomic E-state index is 0.295. The number of rotatable bonds is 21. The van der Waals surface area contributed by atoms with Crippen molar-refractivity contribution in [2.75, 3.05) is 90.5 Å². The van der Waals surface area contributed by atoms with Crippen molar-refractivity contribution in [3.05, 3.63) is 57.6 Å². The van der Waals surface area contributed by atoms with Crippen molar-refractivity contribution >= 4 is 11.4 Å². The first-order valence-corrected chi connectivity index (χ1v) is 19.5. The highest BCUT2D eigenvalue weighted by Crippen LogP contribution is 2.45. The average Bonchev–Trinajstić information content (AvgIpc) is 3.90. The van der Waals surface area contributed by atoms with Gasteiger partial charge in [-0.15, -0.1) is 0 Å². The van der Waals surface area contributed by atoms with Gasteiger partial charge in [0.15, 0.2) is 0 Å². The van der Waals surface area contributed by atoms with Crippen LogP contribution in [0.25, 0.3) is 0 Å². The molecule has 0 aliphatic carbocycles. The van der Waals surface area contributed by atoms with Crippen molar-refractivity contribution in [2.24, 2.45) is 0 Å². The van der Waals surface area contributed by atoms with Crippen LogP contribution in [0.2, 0.25) is 0 Å². The van der Waals surface area contributed by atoms with Crippen LogP contribution >= 0.6 is 0 Å². The van der Waals surface area contributed by atoms with Crippen LogP contribution in [-0.2, 0) is 63.8 Å². The number of nitrogens with zero attached hydrogens (tertiary/aromatic N) is 2. The van der Waals surface area contributed by atoms with E-state index in [0.29, 0.717) is 54.7 Å². The Kier molecular flexibility index (Phi) is 10.5. The van der Waals surface area contributed by atoms with Gasteiger partial charge in [-0.25, -0.2) is 0 Å². The van der Waals surface area contributed by atoms with E-state index in [1.54, 1.807) is 0 Å². The fourth-order valence-corrected chi connectivity index (χ4v) is 7.79. The number of nitrogens with two attached hydrogens (primary N) is 2. The van der Waals surface area contributed by atoms with E-state index in [0.717, 1.165) is 135 Å². The van der Waals surface area contributed by atoms with Crippen molar-refractivity contribution < 1.29 is 37.9 Å². The lowest BCUT2D eigenvalue weighted by molar-refractivity contribution is 0.210. The van der Waals surface area contributed by atoms with Gasteiger partial charge in [-0.05, 0) is 59.1 Å². The molecule has 0 aromatic heterocycles. The summed E-state index contributed by atoms with van der Waals surface area (Å²) in [5.74, 6) is 0.349. The Balaban J connectivity index is 0.000000138. The molecule has 12 heteroatoms. The number of ether oxygens (including phenoxy) is 8. The van der Waals surface area contributed by atoms with Crippen LogP contribution in [0.4, 0.5) is 11.4 Å². The van der Waals surface area contributed by atoms with E-state index in [1.807, 2.05) is 6.92 Å². The van der Waals surface area contributed by atoms with Crippen LogP contribution in [0.1, 0.15) is 52.1 Å². The highest BCUT2D eigenvalue weighted by Gasteiger charge is 2.38. The van der Waals surface area contributed by atoms with Crippen molar-refractivity contribution in [2.45, 2.75) is 100 Å². The van der Waals surface area contributed by atoms with Gasteiger partial charge in [0.2, 0.25) is 0 Å². The minimum atomic E-state index is 0.295. The second-order valence-electron chi connectivity index (χ2n) is 16.3. The third-order valence-corrected chi connectivity index (χ3v) is 11.3. The Morgan fingerprint density at radius 1 is 0.558 bits per heavy atom. The van der Waals surface area contributed by atoms with Gasteiger partial charge >= 0.3 is 0 Å². The van der Waals surface area contributed by atoms with E-state index in [9.17, 15) is 0 Å². The van der Waals surface area contributed by atoms with E-state index in [1.165, 1.54) is 27.8 Å². The average molecular weight is 721 g/mol. The number of nitrogen functional groups attached to an aromatic ring is 2. The molecule has 10 rings (SSSR count). The van der Waals surface area contributed by atoms with Crippen molar-refractivity contribution in [1.82, 2.24) is 9.80 Å². The highest BCUT2D eigenvalue weighted by molar-refractivity contribution is 5.73. The summed E-state index contributed by atoms with van der Waals surface area (Å²) >= 11 is 0. The predicted octanol–water partition coefficient (Wildman–Crippen LogP) is 2.59. The zero-order valence-electron chi connectivity index (χ0n) is 30.5. The topological polar surface area (TPSA) is 159 Å². The van der Waals surface area contributed by atoms with Crippen molar-refractivity contribution in [3.8, 4) is 0 Å². The predicted molar refractivity (Wildman–Crippen MR) is 194 cm³/mol. The lowest BCUT2D eigenvalue weighted by atomic mass is 9.79. The van der Waals surface area contributed by atoms with Gasteiger partial charge < -0.3 is 49.4 Å². The van der Waals surface area contributed by atoms with Crippen LogP contribution in [0.5, 0.6) is 0 Å². The van der Waals surface area contributed by atoms with Crippen LogP contribution in [0, 0.1) is 6.92 Å². The van der Waals surface area contributed by atoms with E-state index < -0.39 is 0 Å². The Hall–Kier alpha value is -2.36. The molecule has 0 spiro atoms. The first kappa shape index (κ1) is 35.3. The molecule has 8 saturated heterocycles. The molecule has 0 radical (unpaired) electrons. The molecule has 8 fully saturated rings. The summed E-state index contributed by atoms with van der Waals surface area (Å²) in [7, 11) is 0. The molecular weight excluding hydrogens is 664 g/mol. The number of benzene rings is 2. The number of anilines is 2. The molecule has 52 heavy (non-hydrogen) atoms. The van der Waals surface area contributed by atoms with Crippen molar-refractivity contribution in [3.63, 3.8) is 0 Å². The maximum Gasteiger partial charge on any atom is 0.0936 e. The summed E-state index contributed by atoms with van der Waals surface area (Å²) < 4.78 is 43.9. The first-order valence-electron chi connectivity index (χ1n) is 19.5. The fraction of sp³-hybridized carbons (Fsp3) is 0.700. The van der Waals surface area contributed by atoms with Crippen LogP contribution in [0.15, 0.2) is 24.3 Å². The zero-order valence-corrected chi connectivity index (χ0v) is 30.5. The Bertz CT molecular complexity index is 1460. The molecule has 12 nitrogen and oxygen atoms in total. The zero-order chi connectivity index (χ0) is 35.2. The van der Waals surface area contributed by atoms with E-state index in [-0.39, 0.29) is 0 Å².